The van der Waals surface area contributed by atoms with Gasteiger partial charge in [0.1, 0.15) is 11.5 Å². The molecule has 128 valence electrons. The minimum absolute atomic E-state index is 0.154. The van der Waals surface area contributed by atoms with E-state index in [4.69, 9.17) is 21.1 Å². The summed E-state index contributed by atoms with van der Waals surface area (Å²) in [5.74, 6) is 1.25. The third-order valence-corrected chi connectivity index (χ3v) is 3.73. The molecule has 0 heterocycles. The van der Waals surface area contributed by atoms with Crippen molar-refractivity contribution in [3.8, 4) is 11.5 Å². The van der Waals surface area contributed by atoms with Crippen molar-refractivity contribution in [3.63, 3.8) is 0 Å². The van der Waals surface area contributed by atoms with E-state index in [0.29, 0.717) is 30.3 Å². The number of hydrogen-bond acceptors (Lipinski definition) is 3. The maximum atomic E-state index is 12.4. The number of nitrogens with one attached hydrogen (secondary N) is 1. The summed E-state index contributed by atoms with van der Waals surface area (Å²) in [4.78, 5) is 12.4. The highest BCUT2D eigenvalue weighted by Gasteiger charge is 2.18. The van der Waals surface area contributed by atoms with E-state index in [0.717, 1.165) is 11.3 Å². The maximum absolute atomic E-state index is 12.4. The Balaban J connectivity index is 1.96. The van der Waals surface area contributed by atoms with Gasteiger partial charge in [0.2, 0.25) is 0 Å². The minimum Gasteiger partial charge on any atom is -0.494 e. The number of carbonyl (C=O) groups is 1. The van der Waals surface area contributed by atoms with Crippen molar-refractivity contribution < 1.29 is 14.3 Å². The Bertz CT molecular complexity index is 658. The lowest BCUT2D eigenvalue weighted by Crippen LogP contribution is -2.37. The van der Waals surface area contributed by atoms with E-state index in [9.17, 15) is 4.79 Å². The van der Waals surface area contributed by atoms with Crippen LogP contribution in [-0.4, -0.2) is 18.6 Å². The van der Waals surface area contributed by atoms with Gasteiger partial charge in [-0.25, -0.2) is 0 Å². The number of rotatable bonds is 8. The van der Waals surface area contributed by atoms with E-state index in [1.165, 1.54) is 0 Å². The summed E-state index contributed by atoms with van der Waals surface area (Å²) in [5.41, 5.74) is 0.939. The molecular weight excluding hydrogens is 326 g/mol. The zero-order chi connectivity index (χ0) is 17.4. The molecule has 1 N–H and O–H groups in total. The first-order valence-corrected chi connectivity index (χ1v) is 8.42. The topological polar surface area (TPSA) is 47.6 Å². The Morgan fingerprint density at radius 2 is 1.83 bits per heavy atom. The van der Waals surface area contributed by atoms with Gasteiger partial charge in [0.25, 0.3) is 5.91 Å². The monoisotopic (exact) mass is 347 g/mol. The highest BCUT2D eigenvalue weighted by Crippen LogP contribution is 2.19. The molecule has 0 radical (unpaired) electrons. The standard InChI is InChI=1S/C19H22ClNO3/c1-3-17(24-16-11-9-15(20)10-12-16)19(22)21-13-14-7-5-6-8-18(14)23-4-2/h5-12,17H,3-4,13H2,1-2H3,(H,21,22). The molecule has 2 aromatic rings. The third-order valence-electron chi connectivity index (χ3n) is 3.48. The number of amides is 1. The van der Waals surface area contributed by atoms with E-state index in [2.05, 4.69) is 5.32 Å². The van der Waals surface area contributed by atoms with Crippen molar-refractivity contribution in [2.24, 2.45) is 0 Å². The summed E-state index contributed by atoms with van der Waals surface area (Å²) in [6, 6.07) is 14.6. The molecule has 2 rings (SSSR count). The smallest absolute Gasteiger partial charge is 0.261 e. The molecule has 0 fully saturated rings. The van der Waals surface area contributed by atoms with Crippen LogP contribution < -0.4 is 14.8 Å². The highest BCUT2D eigenvalue weighted by molar-refractivity contribution is 6.30. The fraction of sp³-hybridized carbons (Fsp3) is 0.316. The molecule has 0 saturated heterocycles. The quantitative estimate of drug-likeness (QED) is 0.778. The van der Waals surface area contributed by atoms with Crippen molar-refractivity contribution in [2.75, 3.05) is 6.61 Å². The summed E-state index contributed by atoms with van der Waals surface area (Å²) in [6.45, 7) is 4.83. The number of hydrogen-bond donors (Lipinski definition) is 1. The van der Waals surface area contributed by atoms with E-state index >= 15 is 0 Å². The molecule has 0 aliphatic heterocycles. The Morgan fingerprint density at radius 3 is 2.50 bits per heavy atom. The summed E-state index contributed by atoms with van der Waals surface area (Å²) in [6.07, 6.45) is 0.0205. The van der Waals surface area contributed by atoms with Gasteiger partial charge < -0.3 is 14.8 Å². The Labute approximate surface area is 147 Å². The van der Waals surface area contributed by atoms with Crippen molar-refractivity contribution in [2.45, 2.75) is 32.9 Å². The lowest BCUT2D eigenvalue weighted by atomic mass is 10.2. The summed E-state index contributed by atoms with van der Waals surface area (Å²) >= 11 is 5.86. The lowest BCUT2D eigenvalue weighted by molar-refractivity contribution is -0.128. The zero-order valence-corrected chi connectivity index (χ0v) is 14.7. The molecule has 0 bridgehead atoms. The van der Waals surface area contributed by atoms with Crippen LogP contribution in [0.1, 0.15) is 25.8 Å². The normalized spacial score (nSPS) is 11.6. The highest BCUT2D eigenvalue weighted by atomic mass is 35.5. The molecule has 0 spiro atoms. The van der Waals surface area contributed by atoms with Gasteiger partial charge in [0.15, 0.2) is 6.10 Å². The van der Waals surface area contributed by atoms with E-state index < -0.39 is 6.10 Å². The first kappa shape index (κ1) is 18.1. The molecule has 5 heteroatoms. The SMILES string of the molecule is CCOc1ccccc1CNC(=O)C(CC)Oc1ccc(Cl)cc1. The van der Waals surface area contributed by atoms with Crippen LogP contribution in [0.4, 0.5) is 0 Å². The molecule has 2 aromatic carbocycles. The molecule has 1 atom stereocenters. The van der Waals surface area contributed by atoms with Gasteiger partial charge in [-0.1, -0.05) is 36.7 Å². The van der Waals surface area contributed by atoms with Crippen molar-refractivity contribution in [1.29, 1.82) is 0 Å². The van der Waals surface area contributed by atoms with Crippen LogP contribution in [-0.2, 0) is 11.3 Å². The second kappa shape index (κ2) is 9.18. The molecule has 0 aliphatic rings. The second-order valence-corrected chi connectivity index (χ2v) is 5.66. The predicted molar refractivity (Wildman–Crippen MR) is 95.6 cm³/mol. The van der Waals surface area contributed by atoms with Gasteiger partial charge >= 0.3 is 0 Å². The minimum atomic E-state index is -0.551. The van der Waals surface area contributed by atoms with Crippen LogP contribution in [0.15, 0.2) is 48.5 Å². The third kappa shape index (κ3) is 5.17. The molecule has 0 aromatic heterocycles. The lowest BCUT2D eigenvalue weighted by Gasteiger charge is -2.18. The van der Waals surface area contributed by atoms with Gasteiger partial charge in [-0.05, 0) is 43.7 Å². The predicted octanol–water partition coefficient (Wildman–Crippen LogP) is 4.21. The first-order valence-electron chi connectivity index (χ1n) is 8.04. The first-order chi connectivity index (χ1) is 11.6. The zero-order valence-electron chi connectivity index (χ0n) is 13.9. The van der Waals surface area contributed by atoms with Crippen LogP contribution in [0.5, 0.6) is 11.5 Å². The fourth-order valence-electron chi connectivity index (χ4n) is 2.24. The van der Waals surface area contributed by atoms with Gasteiger partial charge in [-0.3, -0.25) is 4.79 Å². The van der Waals surface area contributed by atoms with Gasteiger partial charge in [-0.2, -0.15) is 0 Å². The van der Waals surface area contributed by atoms with Crippen molar-refractivity contribution in [1.82, 2.24) is 5.32 Å². The summed E-state index contributed by atoms with van der Waals surface area (Å²) < 4.78 is 11.3. The largest absolute Gasteiger partial charge is 0.494 e. The van der Waals surface area contributed by atoms with Crippen molar-refractivity contribution in [3.05, 3.63) is 59.1 Å². The molecule has 1 amide bonds. The van der Waals surface area contributed by atoms with Crippen LogP contribution in [0, 0.1) is 0 Å². The number of benzene rings is 2. The number of ether oxygens (including phenoxy) is 2. The maximum Gasteiger partial charge on any atom is 0.261 e. The Morgan fingerprint density at radius 1 is 1.12 bits per heavy atom. The van der Waals surface area contributed by atoms with Gasteiger partial charge in [0, 0.05) is 17.1 Å². The average molecular weight is 348 g/mol. The molecule has 0 aliphatic carbocycles. The summed E-state index contributed by atoms with van der Waals surface area (Å²) in [5, 5.41) is 3.54. The number of halogens is 1. The number of carbonyl (C=O) groups excluding carboxylic acids is 1. The van der Waals surface area contributed by atoms with E-state index in [1.807, 2.05) is 38.1 Å². The van der Waals surface area contributed by atoms with Crippen LogP contribution >= 0.6 is 11.6 Å². The van der Waals surface area contributed by atoms with E-state index in [1.54, 1.807) is 24.3 Å². The van der Waals surface area contributed by atoms with Crippen LogP contribution in [0.2, 0.25) is 5.02 Å². The Hall–Kier alpha value is -2.20. The van der Waals surface area contributed by atoms with Gasteiger partial charge in [-0.15, -0.1) is 0 Å². The second-order valence-electron chi connectivity index (χ2n) is 5.23. The fourth-order valence-corrected chi connectivity index (χ4v) is 2.37. The van der Waals surface area contributed by atoms with Crippen LogP contribution in [0.3, 0.4) is 0 Å². The van der Waals surface area contributed by atoms with Crippen LogP contribution in [0.25, 0.3) is 0 Å². The Kier molecular flexibility index (Phi) is 6.94. The van der Waals surface area contributed by atoms with Crippen molar-refractivity contribution >= 4 is 17.5 Å². The van der Waals surface area contributed by atoms with Gasteiger partial charge in [0.05, 0.1) is 6.61 Å². The average Bonchev–Trinajstić information content (AvgIpc) is 2.60. The summed E-state index contributed by atoms with van der Waals surface area (Å²) in [7, 11) is 0. The molecular formula is C19H22ClNO3. The van der Waals surface area contributed by atoms with E-state index in [-0.39, 0.29) is 5.91 Å². The number of para-hydroxylation sites is 1. The molecule has 1 unspecified atom stereocenters. The molecule has 0 saturated carbocycles. The molecule has 24 heavy (non-hydrogen) atoms. The molecule has 4 nitrogen and oxygen atoms in total.